The summed E-state index contributed by atoms with van der Waals surface area (Å²) >= 11 is 0. The van der Waals surface area contributed by atoms with Crippen LogP contribution < -0.4 is 5.32 Å². The number of rotatable bonds is 2. The fourth-order valence-corrected chi connectivity index (χ4v) is 2.70. The van der Waals surface area contributed by atoms with Crippen LogP contribution in [0.2, 0.25) is 0 Å². The van der Waals surface area contributed by atoms with E-state index < -0.39 is 0 Å². The quantitative estimate of drug-likeness (QED) is 0.838. The zero-order valence-corrected chi connectivity index (χ0v) is 11.1. The van der Waals surface area contributed by atoms with E-state index in [1.54, 1.807) is 0 Å². The third-order valence-corrected chi connectivity index (χ3v) is 3.82. The lowest BCUT2D eigenvalue weighted by atomic mass is 9.89. The Balaban J connectivity index is 1.92. The van der Waals surface area contributed by atoms with E-state index in [-0.39, 0.29) is 11.7 Å². The van der Waals surface area contributed by atoms with E-state index in [2.05, 4.69) is 10.3 Å². The molecule has 1 aromatic carbocycles. The average Bonchev–Trinajstić information content (AvgIpc) is 2.47. The number of nitrogens with zero attached hydrogens (tertiary/aromatic N) is 1. The normalized spacial score (nSPS) is 16.7. The van der Waals surface area contributed by atoms with Crippen LogP contribution in [0.25, 0.3) is 10.9 Å². The van der Waals surface area contributed by atoms with Crippen molar-refractivity contribution in [3.63, 3.8) is 0 Å². The van der Waals surface area contributed by atoms with Gasteiger partial charge in [-0.1, -0.05) is 6.07 Å². The van der Waals surface area contributed by atoms with E-state index in [0.29, 0.717) is 0 Å². The van der Waals surface area contributed by atoms with Gasteiger partial charge in [-0.25, -0.2) is 0 Å². The Morgan fingerprint density at radius 2 is 2.00 bits per heavy atom. The predicted octanol–water partition coefficient (Wildman–Crippen LogP) is 2.73. The Kier molecular flexibility index (Phi) is 3.30. The molecule has 0 atom stereocenters. The van der Waals surface area contributed by atoms with Gasteiger partial charge in [-0.3, -0.25) is 9.78 Å². The van der Waals surface area contributed by atoms with Crippen LogP contribution in [0.5, 0.6) is 0 Å². The van der Waals surface area contributed by atoms with Gasteiger partial charge in [-0.2, -0.15) is 0 Å². The number of carbonyl (C=O) groups is 1. The van der Waals surface area contributed by atoms with Crippen LogP contribution >= 0.6 is 0 Å². The average molecular weight is 254 g/mol. The molecule has 2 heterocycles. The summed E-state index contributed by atoms with van der Waals surface area (Å²) in [7, 11) is 0. The van der Waals surface area contributed by atoms with Gasteiger partial charge in [0.05, 0.1) is 5.52 Å². The number of fused-ring (bicyclic) bond motifs is 1. The molecule has 0 bridgehead atoms. The minimum atomic E-state index is 0.178. The van der Waals surface area contributed by atoms with Crippen LogP contribution in [0.4, 0.5) is 0 Å². The Labute approximate surface area is 113 Å². The predicted molar refractivity (Wildman–Crippen MR) is 76.4 cm³/mol. The topological polar surface area (TPSA) is 42.0 Å². The summed E-state index contributed by atoms with van der Waals surface area (Å²) in [4.78, 5) is 16.9. The van der Waals surface area contributed by atoms with E-state index in [1.165, 1.54) is 0 Å². The monoisotopic (exact) mass is 254 g/mol. The van der Waals surface area contributed by atoms with Gasteiger partial charge in [-0.05, 0) is 57.1 Å². The molecule has 0 unspecified atom stereocenters. The van der Waals surface area contributed by atoms with Crippen molar-refractivity contribution in [3.8, 4) is 0 Å². The van der Waals surface area contributed by atoms with E-state index in [0.717, 1.165) is 48.1 Å². The van der Waals surface area contributed by atoms with E-state index in [4.69, 9.17) is 0 Å². The van der Waals surface area contributed by atoms with Crippen molar-refractivity contribution < 1.29 is 4.79 Å². The van der Waals surface area contributed by atoms with Crippen LogP contribution in [-0.2, 0) is 0 Å². The first-order chi connectivity index (χ1) is 9.24. The van der Waals surface area contributed by atoms with Crippen molar-refractivity contribution in [1.82, 2.24) is 10.3 Å². The number of hydrogen-bond donors (Lipinski definition) is 1. The van der Waals surface area contributed by atoms with Crippen LogP contribution in [0.3, 0.4) is 0 Å². The lowest BCUT2D eigenvalue weighted by molar-refractivity contribution is 0.0895. The second-order valence-corrected chi connectivity index (χ2v) is 5.25. The highest BCUT2D eigenvalue weighted by Crippen LogP contribution is 2.21. The van der Waals surface area contributed by atoms with Crippen molar-refractivity contribution in [2.45, 2.75) is 19.8 Å². The van der Waals surface area contributed by atoms with Gasteiger partial charge in [0.25, 0.3) is 0 Å². The first-order valence-corrected chi connectivity index (χ1v) is 6.86. The van der Waals surface area contributed by atoms with Crippen molar-refractivity contribution >= 4 is 16.7 Å². The number of hydrogen-bond acceptors (Lipinski definition) is 3. The molecule has 0 amide bonds. The van der Waals surface area contributed by atoms with Crippen molar-refractivity contribution in [1.29, 1.82) is 0 Å². The summed E-state index contributed by atoms with van der Waals surface area (Å²) in [6.07, 6.45) is 1.89. The highest BCUT2D eigenvalue weighted by molar-refractivity contribution is 6.00. The third-order valence-electron chi connectivity index (χ3n) is 3.82. The molecule has 1 aromatic heterocycles. The van der Waals surface area contributed by atoms with Gasteiger partial charge in [0.15, 0.2) is 5.78 Å². The van der Waals surface area contributed by atoms with Gasteiger partial charge in [0.1, 0.15) is 0 Å². The summed E-state index contributed by atoms with van der Waals surface area (Å²) in [5.74, 6) is 0.459. The standard InChI is InChI=1S/C16H18N2O/c1-11-2-3-13-10-14(4-5-15(13)18-11)16(19)12-6-8-17-9-7-12/h2-5,10,12,17H,6-9H2,1H3. The SMILES string of the molecule is Cc1ccc2cc(C(=O)C3CCNCC3)ccc2n1. The molecule has 0 aliphatic carbocycles. The molecule has 2 aromatic rings. The molecule has 3 heteroatoms. The molecule has 98 valence electrons. The molecule has 3 rings (SSSR count). The molecule has 0 radical (unpaired) electrons. The van der Waals surface area contributed by atoms with Gasteiger partial charge in [0, 0.05) is 22.6 Å². The van der Waals surface area contributed by atoms with Crippen molar-refractivity contribution in [2.24, 2.45) is 5.92 Å². The Hall–Kier alpha value is -1.74. The first kappa shape index (κ1) is 12.3. The minimum Gasteiger partial charge on any atom is -0.317 e. The molecular formula is C16H18N2O. The molecule has 3 nitrogen and oxygen atoms in total. The molecule has 1 aliphatic heterocycles. The van der Waals surface area contributed by atoms with Crippen molar-refractivity contribution in [2.75, 3.05) is 13.1 Å². The summed E-state index contributed by atoms with van der Waals surface area (Å²) in [6, 6.07) is 9.87. The molecule has 1 N–H and O–H groups in total. The third kappa shape index (κ3) is 2.51. The molecule has 1 fully saturated rings. The lowest BCUT2D eigenvalue weighted by Gasteiger charge is -2.21. The summed E-state index contributed by atoms with van der Waals surface area (Å²) in [5, 5.41) is 4.34. The molecule has 0 spiro atoms. The van der Waals surface area contributed by atoms with Crippen LogP contribution in [0.15, 0.2) is 30.3 Å². The number of piperidine rings is 1. The number of carbonyl (C=O) groups excluding carboxylic acids is 1. The fourth-order valence-electron chi connectivity index (χ4n) is 2.70. The van der Waals surface area contributed by atoms with Crippen LogP contribution in [0, 0.1) is 12.8 Å². The number of aromatic nitrogens is 1. The number of nitrogens with one attached hydrogen (secondary N) is 1. The number of Topliss-reactive ketones (excluding diaryl/α,β-unsaturated/α-hetero) is 1. The molecule has 1 aliphatic rings. The molecule has 1 saturated heterocycles. The smallest absolute Gasteiger partial charge is 0.166 e. The van der Waals surface area contributed by atoms with Gasteiger partial charge >= 0.3 is 0 Å². The number of ketones is 1. The fraction of sp³-hybridized carbons (Fsp3) is 0.375. The lowest BCUT2D eigenvalue weighted by Crippen LogP contribution is -2.31. The first-order valence-electron chi connectivity index (χ1n) is 6.86. The number of pyridine rings is 1. The van der Waals surface area contributed by atoms with Crippen LogP contribution in [-0.4, -0.2) is 23.9 Å². The van der Waals surface area contributed by atoms with E-state index in [1.807, 2.05) is 37.3 Å². The molecule has 0 saturated carbocycles. The molecule has 19 heavy (non-hydrogen) atoms. The largest absolute Gasteiger partial charge is 0.317 e. The van der Waals surface area contributed by atoms with Crippen molar-refractivity contribution in [3.05, 3.63) is 41.6 Å². The maximum Gasteiger partial charge on any atom is 0.166 e. The van der Waals surface area contributed by atoms with E-state index in [9.17, 15) is 4.79 Å². The maximum absolute atomic E-state index is 12.5. The zero-order chi connectivity index (χ0) is 13.2. The second-order valence-electron chi connectivity index (χ2n) is 5.25. The summed E-state index contributed by atoms with van der Waals surface area (Å²) < 4.78 is 0. The Bertz CT molecular complexity index is 615. The number of benzene rings is 1. The van der Waals surface area contributed by atoms with Gasteiger partial charge in [0.2, 0.25) is 0 Å². The Morgan fingerprint density at radius 1 is 1.21 bits per heavy atom. The summed E-state index contributed by atoms with van der Waals surface area (Å²) in [6.45, 7) is 3.88. The Morgan fingerprint density at radius 3 is 2.79 bits per heavy atom. The molecular weight excluding hydrogens is 236 g/mol. The van der Waals surface area contributed by atoms with Crippen LogP contribution in [0.1, 0.15) is 28.9 Å². The summed E-state index contributed by atoms with van der Waals surface area (Å²) in [5.41, 5.74) is 2.79. The minimum absolute atomic E-state index is 0.178. The zero-order valence-electron chi connectivity index (χ0n) is 11.1. The second kappa shape index (κ2) is 5.10. The van der Waals surface area contributed by atoms with E-state index >= 15 is 0 Å². The maximum atomic E-state index is 12.5. The highest BCUT2D eigenvalue weighted by atomic mass is 16.1. The van der Waals surface area contributed by atoms with Gasteiger partial charge < -0.3 is 5.32 Å². The van der Waals surface area contributed by atoms with Gasteiger partial charge in [-0.15, -0.1) is 0 Å². The highest BCUT2D eigenvalue weighted by Gasteiger charge is 2.22. The number of aryl methyl sites for hydroxylation is 1.